The number of hydrogen-bond acceptors (Lipinski definition) is 3. The van der Waals surface area contributed by atoms with Crippen molar-refractivity contribution in [3.05, 3.63) is 46.2 Å². The van der Waals surface area contributed by atoms with Gasteiger partial charge in [0, 0.05) is 22.8 Å². The molecule has 2 rings (SSSR count). The molecule has 0 aliphatic carbocycles. The van der Waals surface area contributed by atoms with Crippen molar-refractivity contribution in [2.75, 3.05) is 0 Å². The number of carbonyl (C=O) groups is 1. The minimum atomic E-state index is -0.480. The van der Waals surface area contributed by atoms with Gasteiger partial charge in [-0.2, -0.15) is 5.10 Å². The van der Waals surface area contributed by atoms with Crippen molar-refractivity contribution in [2.24, 2.45) is 5.73 Å². The topological polar surface area (TPSA) is 72.9 Å². The van der Waals surface area contributed by atoms with Gasteiger partial charge in [0.25, 0.3) is 5.91 Å². The Morgan fingerprint density at radius 1 is 1.43 bits per heavy atom. The van der Waals surface area contributed by atoms with E-state index < -0.39 is 5.91 Å². The maximum Gasteiger partial charge on any atom is 0.251 e. The van der Waals surface area contributed by atoms with Crippen molar-refractivity contribution >= 4 is 21.8 Å². The first-order valence-corrected chi connectivity index (χ1v) is 7.44. The van der Waals surface area contributed by atoms with Gasteiger partial charge < -0.3 is 11.1 Å². The highest BCUT2D eigenvalue weighted by atomic mass is 79.9. The second-order valence-electron chi connectivity index (χ2n) is 5.92. The second kappa shape index (κ2) is 5.99. The molecule has 6 heteroatoms. The van der Waals surface area contributed by atoms with Crippen LogP contribution in [0.2, 0.25) is 0 Å². The summed E-state index contributed by atoms with van der Waals surface area (Å²) in [6.45, 7) is 7.16. The van der Waals surface area contributed by atoms with E-state index in [2.05, 4.69) is 47.1 Å². The predicted molar refractivity (Wildman–Crippen MR) is 86.4 cm³/mol. The second-order valence-corrected chi connectivity index (χ2v) is 6.77. The van der Waals surface area contributed by atoms with Crippen LogP contribution in [0.5, 0.6) is 0 Å². The Kier molecular flexibility index (Phi) is 4.49. The number of nitrogens with one attached hydrogen (secondary N) is 1. The molecule has 1 aromatic heterocycles. The van der Waals surface area contributed by atoms with Crippen LogP contribution in [0, 0.1) is 0 Å². The van der Waals surface area contributed by atoms with Crippen LogP contribution in [0.25, 0.3) is 5.69 Å². The largest absolute Gasteiger partial charge is 0.366 e. The fraction of sp³-hybridized carbons (Fsp3) is 0.333. The van der Waals surface area contributed by atoms with Crippen LogP contribution >= 0.6 is 15.9 Å². The van der Waals surface area contributed by atoms with Gasteiger partial charge in [0.05, 0.1) is 17.4 Å². The number of carbonyl (C=O) groups excluding carboxylic acids is 1. The molecule has 0 unspecified atom stereocenters. The molecule has 0 radical (unpaired) electrons. The van der Waals surface area contributed by atoms with Crippen LogP contribution in [0.1, 0.15) is 36.7 Å². The van der Waals surface area contributed by atoms with Crippen molar-refractivity contribution in [3.8, 4) is 5.69 Å². The van der Waals surface area contributed by atoms with Crippen LogP contribution in [-0.4, -0.2) is 21.2 Å². The van der Waals surface area contributed by atoms with Crippen molar-refractivity contribution in [2.45, 2.75) is 32.9 Å². The van der Waals surface area contributed by atoms with E-state index >= 15 is 0 Å². The van der Waals surface area contributed by atoms with E-state index in [9.17, 15) is 4.79 Å². The van der Waals surface area contributed by atoms with Crippen LogP contribution in [-0.2, 0) is 6.54 Å². The molecule has 0 bridgehead atoms. The average molecular weight is 351 g/mol. The normalized spacial score (nSPS) is 11.6. The molecule has 0 aliphatic rings. The lowest BCUT2D eigenvalue weighted by Gasteiger charge is -2.21. The predicted octanol–water partition coefficient (Wildman–Crippen LogP) is 2.62. The summed E-state index contributed by atoms with van der Waals surface area (Å²) < 4.78 is 2.62. The van der Waals surface area contributed by atoms with Gasteiger partial charge in [-0.05, 0) is 38.5 Å². The molecule has 1 amide bonds. The third-order valence-corrected chi connectivity index (χ3v) is 3.72. The Bertz CT molecular complexity index is 658. The molecule has 1 aromatic carbocycles. The average Bonchev–Trinajstić information content (AvgIpc) is 2.85. The SMILES string of the molecule is CC(C)(C)NCc1ccc(-n2cc(C(N)=O)cn2)cc1Br. The van der Waals surface area contributed by atoms with Gasteiger partial charge in [0.15, 0.2) is 0 Å². The van der Waals surface area contributed by atoms with Crippen LogP contribution in [0.4, 0.5) is 0 Å². The monoisotopic (exact) mass is 350 g/mol. The molecule has 2 aromatic rings. The first kappa shape index (κ1) is 15.7. The van der Waals surface area contributed by atoms with E-state index in [0.717, 1.165) is 22.3 Å². The molecule has 0 saturated carbocycles. The number of amides is 1. The number of rotatable bonds is 4. The lowest BCUT2D eigenvalue weighted by Crippen LogP contribution is -2.35. The van der Waals surface area contributed by atoms with E-state index in [0.29, 0.717) is 5.56 Å². The minimum absolute atomic E-state index is 0.0660. The Morgan fingerprint density at radius 3 is 2.67 bits per heavy atom. The first-order valence-electron chi connectivity index (χ1n) is 6.64. The van der Waals surface area contributed by atoms with Crippen LogP contribution in [0.3, 0.4) is 0 Å². The number of benzene rings is 1. The van der Waals surface area contributed by atoms with Crippen molar-refractivity contribution in [1.29, 1.82) is 0 Å². The number of hydrogen-bond donors (Lipinski definition) is 2. The van der Waals surface area contributed by atoms with Crippen molar-refractivity contribution in [1.82, 2.24) is 15.1 Å². The lowest BCUT2D eigenvalue weighted by atomic mass is 10.1. The van der Waals surface area contributed by atoms with Gasteiger partial charge in [-0.25, -0.2) is 4.68 Å². The summed E-state index contributed by atoms with van der Waals surface area (Å²) in [6, 6.07) is 5.96. The van der Waals surface area contributed by atoms with Gasteiger partial charge in [-0.1, -0.05) is 22.0 Å². The van der Waals surface area contributed by atoms with E-state index in [4.69, 9.17) is 5.73 Å². The fourth-order valence-corrected chi connectivity index (χ4v) is 2.28. The van der Waals surface area contributed by atoms with Gasteiger partial charge in [0.2, 0.25) is 0 Å². The first-order chi connectivity index (χ1) is 9.76. The van der Waals surface area contributed by atoms with Crippen molar-refractivity contribution in [3.63, 3.8) is 0 Å². The van der Waals surface area contributed by atoms with E-state index in [1.807, 2.05) is 18.2 Å². The quantitative estimate of drug-likeness (QED) is 0.889. The highest BCUT2D eigenvalue weighted by molar-refractivity contribution is 9.10. The molecule has 112 valence electrons. The molecule has 21 heavy (non-hydrogen) atoms. The zero-order chi connectivity index (χ0) is 15.6. The summed E-state index contributed by atoms with van der Waals surface area (Å²) in [7, 11) is 0. The smallest absolute Gasteiger partial charge is 0.251 e. The molecule has 1 heterocycles. The molecule has 0 aliphatic heterocycles. The van der Waals surface area contributed by atoms with Gasteiger partial charge >= 0.3 is 0 Å². The maximum atomic E-state index is 11.1. The van der Waals surface area contributed by atoms with Crippen molar-refractivity contribution < 1.29 is 4.79 Å². The number of aromatic nitrogens is 2. The molecule has 0 fully saturated rings. The van der Waals surface area contributed by atoms with E-state index in [1.165, 1.54) is 6.20 Å². The summed E-state index contributed by atoms with van der Waals surface area (Å²) in [5, 5.41) is 7.59. The summed E-state index contributed by atoms with van der Waals surface area (Å²) in [6.07, 6.45) is 3.09. The third kappa shape index (κ3) is 4.15. The number of halogens is 1. The zero-order valence-corrected chi connectivity index (χ0v) is 13.9. The molecule has 0 saturated heterocycles. The summed E-state index contributed by atoms with van der Waals surface area (Å²) in [4.78, 5) is 11.1. The fourth-order valence-electron chi connectivity index (χ4n) is 1.77. The Hall–Kier alpha value is -1.66. The number of primary amides is 1. The molecular weight excluding hydrogens is 332 g/mol. The minimum Gasteiger partial charge on any atom is -0.366 e. The Balaban J connectivity index is 2.20. The summed E-state index contributed by atoms with van der Waals surface area (Å²) in [5.74, 6) is -0.480. The highest BCUT2D eigenvalue weighted by Crippen LogP contribution is 2.21. The number of nitrogens with two attached hydrogens (primary N) is 1. The highest BCUT2D eigenvalue weighted by Gasteiger charge is 2.11. The van der Waals surface area contributed by atoms with Gasteiger partial charge in [0.1, 0.15) is 0 Å². The molecule has 3 N–H and O–H groups in total. The van der Waals surface area contributed by atoms with Crippen LogP contribution < -0.4 is 11.1 Å². The van der Waals surface area contributed by atoms with E-state index in [1.54, 1.807) is 10.9 Å². The lowest BCUT2D eigenvalue weighted by molar-refractivity contribution is 0.100. The molecular formula is C15H19BrN4O. The Labute approximate surface area is 132 Å². The maximum absolute atomic E-state index is 11.1. The Morgan fingerprint density at radius 2 is 2.14 bits per heavy atom. The molecule has 0 atom stereocenters. The van der Waals surface area contributed by atoms with Gasteiger partial charge in [-0.15, -0.1) is 0 Å². The van der Waals surface area contributed by atoms with Crippen LogP contribution in [0.15, 0.2) is 35.1 Å². The molecule has 5 nitrogen and oxygen atoms in total. The summed E-state index contributed by atoms with van der Waals surface area (Å²) >= 11 is 3.58. The summed E-state index contributed by atoms with van der Waals surface area (Å²) in [5.41, 5.74) is 7.72. The number of nitrogens with zero attached hydrogens (tertiary/aromatic N) is 2. The van der Waals surface area contributed by atoms with E-state index in [-0.39, 0.29) is 5.54 Å². The third-order valence-electron chi connectivity index (χ3n) is 2.98. The zero-order valence-electron chi connectivity index (χ0n) is 12.4. The molecule has 0 spiro atoms. The standard InChI is InChI=1S/C15H19BrN4O/c1-15(2,3)18-7-10-4-5-12(6-13(10)16)20-9-11(8-19-20)14(17)21/h4-6,8-9,18H,7H2,1-3H3,(H2,17,21). The van der Waals surface area contributed by atoms with Gasteiger partial charge in [-0.3, -0.25) is 4.79 Å².